The number of ether oxygens (including phenoxy) is 2. The van der Waals surface area contributed by atoms with Gasteiger partial charge in [-0.1, -0.05) is 32.4 Å². The molecule has 0 unspecified atom stereocenters. The van der Waals surface area contributed by atoms with Crippen LogP contribution in [0.4, 0.5) is 0 Å². The number of rotatable bonds is 6. The molecule has 0 fully saturated rings. The van der Waals surface area contributed by atoms with Gasteiger partial charge < -0.3 is 9.47 Å². The maximum Gasteiger partial charge on any atom is 0.138 e. The Balaban J connectivity index is 2.60. The summed E-state index contributed by atoms with van der Waals surface area (Å²) in [5, 5.41) is 0.606. The highest BCUT2D eigenvalue weighted by Crippen LogP contribution is 2.29. The van der Waals surface area contributed by atoms with Gasteiger partial charge in [-0.15, -0.1) is 0 Å². The monoisotopic (exact) mass is 242 g/mol. The molecule has 0 radical (unpaired) electrons. The largest absolute Gasteiger partial charge is 0.494 e. The normalized spacial score (nSPS) is 10.6. The van der Waals surface area contributed by atoms with E-state index in [2.05, 4.69) is 20.8 Å². The second kappa shape index (κ2) is 6.64. The molecule has 2 nitrogen and oxygen atoms in total. The Labute approximate surface area is 103 Å². The predicted molar refractivity (Wildman–Crippen MR) is 67.6 cm³/mol. The van der Waals surface area contributed by atoms with E-state index < -0.39 is 0 Å². The van der Waals surface area contributed by atoms with Gasteiger partial charge in [0.1, 0.15) is 11.5 Å². The van der Waals surface area contributed by atoms with Crippen molar-refractivity contribution in [1.29, 1.82) is 0 Å². The van der Waals surface area contributed by atoms with Crippen molar-refractivity contribution in [3.63, 3.8) is 0 Å². The van der Waals surface area contributed by atoms with Gasteiger partial charge >= 0.3 is 0 Å². The topological polar surface area (TPSA) is 18.5 Å². The van der Waals surface area contributed by atoms with E-state index in [4.69, 9.17) is 21.1 Å². The quantitative estimate of drug-likeness (QED) is 0.746. The Kier molecular flexibility index (Phi) is 5.47. The fraction of sp³-hybridized carbons (Fsp3) is 0.538. The van der Waals surface area contributed by atoms with Crippen molar-refractivity contribution in [3.8, 4) is 11.5 Å². The van der Waals surface area contributed by atoms with Crippen LogP contribution in [0.25, 0.3) is 0 Å². The van der Waals surface area contributed by atoms with Gasteiger partial charge in [0.2, 0.25) is 0 Å². The molecule has 0 aromatic heterocycles. The lowest BCUT2D eigenvalue weighted by Gasteiger charge is -2.11. The molecule has 0 saturated carbocycles. The highest BCUT2D eigenvalue weighted by molar-refractivity contribution is 6.32. The third-order valence-corrected chi connectivity index (χ3v) is 2.24. The lowest BCUT2D eigenvalue weighted by Crippen LogP contribution is -2.04. The number of hydrogen-bond acceptors (Lipinski definition) is 2. The molecule has 0 heterocycles. The minimum atomic E-state index is 0.493. The first-order valence-electron chi connectivity index (χ1n) is 5.68. The first-order valence-corrected chi connectivity index (χ1v) is 6.06. The minimum Gasteiger partial charge on any atom is -0.494 e. The van der Waals surface area contributed by atoms with Crippen LogP contribution in [-0.4, -0.2) is 13.2 Å². The van der Waals surface area contributed by atoms with Crippen LogP contribution in [0, 0.1) is 5.92 Å². The average molecular weight is 243 g/mol. The van der Waals surface area contributed by atoms with Crippen LogP contribution in [0.1, 0.15) is 27.2 Å². The molecule has 0 saturated heterocycles. The molecular formula is C13H19ClO2. The van der Waals surface area contributed by atoms with Gasteiger partial charge in [0.05, 0.1) is 18.2 Å². The Morgan fingerprint density at radius 2 is 2.00 bits per heavy atom. The van der Waals surface area contributed by atoms with E-state index in [0.29, 0.717) is 24.2 Å². The van der Waals surface area contributed by atoms with E-state index in [9.17, 15) is 0 Å². The van der Waals surface area contributed by atoms with Gasteiger partial charge in [-0.2, -0.15) is 0 Å². The molecule has 0 bridgehead atoms. The zero-order valence-electron chi connectivity index (χ0n) is 10.1. The molecule has 0 aliphatic rings. The Morgan fingerprint density at radius 1 is 1.25 bits per heavy atom. The zero-order chi connectivity index (χ0) is 12.0. The molecule has 90 valence electrons. The van der Waals surface area contributed by atoms with E-state index in [1.165, 1.54) is 0 Å². The third kappa shape index (κ3) is 4.31. The molecule has 1 aromatic carbocycles. The fourth-order valence-corrected chi connectivity index (χ4v) is 1.39. The second-order valence-electron chi connectivity index (χ2n) is 4.15. The molecule has 3 heteroatoms. The summed E-state index contributed by atoms with van der Waals surface area (Å²) in [6.07, 6.45) is 0.989. The van der Waals surface area contributed by atoms with E-state index in [1.807, 2.05) is 12.1 Å². The molecule has 0 spiro atoms. The molecule has 16 heavy (non-hydrogen) atoms. The second-order valence-corrected chi connectivity index (χ2v) is 4.55. The summed E-state index contributed by atoms with van der Waals surface area (Å²) in [5.74, 6) is 2.01. The van der Waals surface area contributed by atoms with Crippen LogP contribution in [0.5, 0.6) is 11.5 Å². The van der Waals surface area contributed by atoms with Gasteiger partial charge in [0.25, 0.3) is 0 Å². The van der Waals surface area contributed by atoms with Crippen molar-refractivity contribution in [2.24, 2.45) is 5.92 Å². The highest BCUT2D eigenvalue weighted by Gasteiger charge is 2.04. The van der Waals surface area contributed by atoms with E-state index in [-0.39, 0.29) is 0 Å². The smallest absolute Gasteiger partial charge is 0.138 e. The SMILES string of the molecule is CCCOc1ccc(OCC(C)C)c(Cl)c1. The van der Waals surface area contributed by atoms with Crippen LogP contribution in [0.3, 0.4) is 0 Å². The lowest BCUT2D eigenvalue weighted by atomic mass is 10.2. The Bertz CT molecular complexity index is 324. The maximum absolute atomic E-state index is 6.09. The van der Waals surface area contributed by atoms with Crippen LogP contribution in [-0.2, 0) is 0 Å². The molecule has 0 atom stereocenters. The van der Waals surface area contributed by atoms with E-state index in [1.54, 1.807) is 6.07 Å². The van der Waals surface area contributed by atoms with Crippen molar-refractivity contribution in [1.82, 2.24) is 0 Å². The van der Waals surface area contributed by atoms with Crippen LogP contribution >= 0.6 is 11.6 Å². The first kappa shape index (κ1) is 13.2. The van der Waals surface area contributed by atoms with Gasteiger partial charge in [0.15, 0.2) is 0 Å². The van der Waals surface area contributed by atoms with Crippen LogP contribution in [0.2, 0.25) is 5.02 Å². The van der Waals surface area contributed by atoms with Crippen molar-refractivity contribution in [2.45, 2.75) is 27.2 Å². The summed E-state index contributed by atoms with van der Waals surface area (Å²) in [7, 11) is 0. The van der Waals surface area contributed by atoms with Crippen LogP contribution in [0.15, 0.2) is 18.2 Å². The fourth-order valence-electron chi connectivity index (χ4n) is 1.16. The molecule has 0 amide bonds. The standard InChI is InChI=1S/C13H19ClO2/c1-4-7-15-11-5-6-13(12(14)8-11)16-9-10(2)3/h5-6,8,10H,4,7,9H2,1-3H3. The van der Waals surface area contributed by atoms with Gasteiger partial charge in [-0.05, 0) is 24.5 Å². The van der Waals surface area contributed by atoms with E-state index in [0.717, 1.165) is 17.9 Å². The average Bonchev–Trinajstić information content (AvgIpc) is 2.24. The Hall–Kier alpha value is -0.890. The summed E-state index contributed by atoms with van der Waals surface area (Å²) in [6, 6.07) is 5.54. The number of benzene rings is 1. The molecule has 1 rings (SSSR count). The number of halogens is 1. The van der Waals surface area contributed by atoms with Gasteiger partial charge in [0, 0.05) is 6.07 Å². The van der Waals surface area contributed by atoms with Gasteiger partial charge in [-0.3, -0.25) is 0 Å². The lowest BCUT2D eigenvalue weighted by molar-refractivity contribution is 0.270. The van der Waals surface area contributed by atoms with Crippen molar-refractivity contribution in [2.75, 3.05) is 13.2 Å². The molecule has 0 aliphatic carbocycles. The maximum atomic E-state index is 6.09. The summed E-state index contributed by atoms with van der Waals surface area (Å²) in [6.45, 7) is 7.67. The zero-order valence-corrected chi connectivity index (χ0v) is 10.9. The third-order valence-electron chi connectivity index (χ3n) is 1.95. The molecule has 1 aromatic rings. The molecular weight excluding hydrogens is 224 g/mol. The Morgan fingerprint density at radius 3 is 2.56 bits per heavy atom. The van der Waals surface area contributed by atoms with Gasteiger partial charge in [-0.25, -0.2) is 0 Å². The molecule has 0 N–H and O–H groups in total. The number of hydrogen-bond donors (Lipinski definition) is 0. The highest BCUT2D eigenvalue weighted by atomic mass is 35.5. The summed E-state index contributed by atoms with van der Waals surface area (Å²) < 4.78 is 11.0. The minimum absolute atomic E-state index is 0.493. The van der Waals surface area contributed by atoms with E-state index >= 15 is 0 Å². The summed E-state index contributed by atoms with van der Waals surface area (Å²) in [4.78, 5) is 0. The summed E-state index contributed by atoms with van der Waals surface area (Å²) >= 11 is 6.09. The summed E-state index contributed by atoms with van der Waals surface area (Å²) in [5.41, 5.74) is 0. The van der Waals surface area contributed by atoms with Crippen molar-refractivity contribution in [3.05, 3.63) is 23.2 Å². The van der Waals surface area contributed by atoms with Crippen LogP contribution < -0.4 is 9.47 Å². The van der Waals surface area contributed by atoms with Crippen molar-refractivity contribution >= 4 is 11.6 Å². The predicted octanol–water partition coefficient (Wildman–Crippen LogP) is 4.16. The first-order chi connectivity index (χ1) is 7.63. The van der Waals surface area contributed by atoms with Crippen molar-refractivity contribution < 1.29 is 9.47 Å². The molecule has 0 aliphatic heterocycles.